The van der Waals surface area contributed by atoms with Crippen molar-refractivity contribution >= 4 is 39.3 Å². The number of anilines is 2. The van der Waals surface area contributed by atoms with E-state index in [2.05, 4.69) is 28.2 Å². The van der Waals surface area contributed by atoms with E-state index in [1.54, 1.807) is 11.3 Å². The molecule has 122 valence electrons. The van der Waals surface area contributed by atoms with Gasteiger partial charge in [0.15, 0.2) is 0 Å². The predicted octanol–water partition coefficient (Wildman–Crippen LogP) is 2.59. The largest absolute Gasteiger partial charge is 0.481 e. The molecule has 2 aromatic rings. The number of thiophene rings is 1. The molecule has 1 N–H and O–H groups in total. The average Bonchev–Trinajstić information content (AvgIpc) is 3.13. The molecule has 0 spiro atoms. The molecule has 2 aliphatic heterocycles. The molecule has 7 heteroatoms. The minimum absolute atomic E-state index is 0.211. The molecule has 0 unspecified atom stereocenters. The number of carboxylic acids is 1. The van der Waals surface area contributed by atoms with Crippen LogP contribution < -0.4 is 9.80 Å². The van der Waals surface area contributed by atoms with E-state index in [0.717, 1.165) is 48.0 Å². The quantitative estimate of drug-likeness (QED) is 0.928. The minimum Gasteiger partial charge on any atom is -0.481 e. The fourth-order valence-electron chi connectivity index (χ4n) is 3.45. The lowest BCUT2D eigenvalue weighted by atomic mass is 10.1. The van der Waals surface area contributed by atoms with Gasteiger partial charge in [0.2, 0.25) is 5.95 Å². The molecule has 0 radical (unpaired) electrons. The second-order valence-electron chi connectivity index (χ2n) is 6.52. The molecular weight excluding hydrogens is 312 g/mol. The van der Waals surface area contributed by atoms with Crippen LogP contribution >= 0.6 is 11.3 Å². The summed E-state index contributed by atoms with van der Waals surface area (Å²) in [5, 5.41) is 12.1. The Morgan fingerprint density at radius 3 is 2.96 bits per heavy atom. The van der Waals surface area contributed by atoms with E-state index in [9.17, 15) is 4.79 Å². The average molecular weight is 332 g/mol. The lowest BCUT2D eigenvalue weighted by Gasteiger charge is -2.39. The van der Waals surface area contributed by atoms with Crippen LogP contribution in [0.3, 0.4) is 0 Å². The monoisotopic (exact) mass is 332 g/mol. The van der Waals surface area contributed by atoms with Gasteiger partial charge in [-0.2, -0.15) is 4.98 Å². The zero-order valence-electron chi connectivity index (χ0n) is 13.1. The Bertz CT molecular complexity index is 747. The molecule has 0 saturated carbocycles. The van der Waals surface area contributed by atoms with Crippen molar-refractivity contribution in [3.05, 3.63) is 11.4 Å². The maximum atomic E-state index is 10.9. The smallest absolute Gasteiger partial charge is 0.303 e. The van der Waals surface area contributed by atoms with E-state index in [1.165, 1.54) is 6.42 Å². The van der Waals surface area contributed by atoms with Crippen molar-refractivity contribution in [1.82, 2.24) is 9.97 Å². The molecule has 4 rings (SSSR count). The highest BCUT2D eigenvalue weighted by atomic mass is 32.1. The molecular formula is C16H20N4O2S. The standard InChI is InChI=1S/C16H20N4O2S/c1-10-2-6-20(10)16-17-14(12-4-7-23-15(12)18-16)19-5-3-11(9-19)8-13(21)22/h4,7,10-11H,2-3,5-6,8-9H2,1H3,(H,21,22)/t10-,11+/m0/s1. The Kier molecular flexibility index (Phi) is 3.60. The van der Waals surface area contributed by atoms with Gasteiger partial charge in [-0.3, -0.25) is 4.79 Å². The van der Waals surface area contributed by atoms with Gasteiger partial charge in [0.05, 0.1) is 5.39 Å². The van der Waals surface area contributed by atoms with Crippen LogP contribution in [0.25, 0.3) is 10.2 Å². The summed E-state index contributed by atoms with van der Waals surface area (Å²) >= 11 is 1.64. The number of fused-ring (bicyclic) bond motifs is 1. The van der Waals surface area contributed by atoms with Gasteiger partial charge in [-0.1, -0.05) is 0 Å². The molecule has 2 fully saturated rings. The van der Waals surface area contributed by atoms with Gasteiger partial charge < -0.3 is 14.9 Å². The van der Waals surface area contributed by atoms with E-state index < -0.39 is 5.97 Å². The van der Waals surface area contributed by atoms with Gasteiger partial charge in [-0.05, 0) is 37.1 Å². The Hall–Kier alpha value is -1.89. The van der Waals surface area contributed by atoms with Crippen LogP contribution in [0.15, 0.2) is 11.4 Å². The number of carboxylic acid groups (broad SMARTS) is 1. The van der Waals surface area contributed by atoms with Crippen molar-refractivity contribution in [2.45, 2.75) is 32.2 Å². The molecule has 0 aromatic carbocycles. The Balaban J connectivity index is 1.66. The Morgan fingerprint density at radius 2 is 2.26 bits per heavy atom. The van der Waals surface area contributed by atoms with Gasteiger partial charge in [-0.15, -0.1) is 11.3 Å². The number of hydrogen-bond acceptors (Lipinski definition) is 6. The summed E-state index contributed by atoms with van der Waals surface area (Å²) in [6.45, 7) is 4.85. The summed E-state index contributed by atoms with van der Waals surface area (Å²) in [5.41, 5.74) is 0. The molecule has 0 bridgehead atoms. The molecule has 2 aromatic heterocycles. The van der Waals surface area contributed by atoms with Crippen molar-refractivity contribution in [2.75, 3.05) is 29.4 Å². The van der Waals surface area contributed by atoms with Gasteiger partial charge in [-0.25, -0.2) is 4.98 Å². The zero-order valence-corrected chi connectivity index (χ0v) is 13.9. The van der Waals surface area contributed by atoms with Crippen LogP contribution in [0.5, 0.6) is 0 Å². The second kappa shape index (κ2) is 5.63. The molecule has 6 nitrogen and oxygen atoms in total. The summed E-state index contributed by atoms with van der Waals surface area (Å²) in [6, 6.07) is 2.57. The molecule has 2 aliphatic rings. The van der Waals surface area contributed by atoms with Crippen molar-refractivity contribution in [3.8, 4) is 0 Å². The first kappa shape index (κ1) is 14.7. The van der Waals surface area contributed by atoms with E-state index in [4.69, 9.17) is 15.1 Å². The lowest BCUT2D eigenvalue weighted by Crippen LogP contribution is -2.46. The molecule has 4 heterocycles. The first-order valence-corrected chi connectivity index (χ1v) is 8.98. The van der Waals surface area contributed by atoms with Crippen LogP contribution in [0.2, 0.25) is 0 Å². The van der Waals surface area contributed by atoms with Crippen LogP contribution in [0, 0.1) is 5.92 Å². The van der Waals surface area contributed by atoms with Crippen LogP contribution in [0.4, 0.5) is 11.8 Å². The summed E-state index contributed by atoms with van der Waals surface area (Å²) in [6.07, 6.45) is 2.34. The predicted molar refractivity (Wildman–Crippen MR) is 91.4 cm³/mol. The van der Waals surface area contributed by atoms with E-state index in [-0.39, 0.29) is 12.3 Å². The maximum absolute atomic E-state index is 10.9. The van der Waals surface area contributed by atoms with Crippen molar-refractivity contribution in [1.29, 1.82) is 0 Å². The normalized spacial score (nSPS) is 24.2. The Labute approximate surface area is 138 Å². The van der Waals surface area contributed by atoms with Gasteiger partial charge in [0, 0.05) is 32.1 Å². The van der Waals surface area contributed by atoms with E-state index in [0.29, 0.717) is 6.04 Å². The van der Waals surface area contributed by atoms with E-state index in [1.807, 2.05) is 0 Å². The first-order chi connectivity index (χ1) is 11.1. The first-order valence-electron chi connectivity index (χ1n) is 8.10. The number of nitrogens with zero attached hydrogens (tertiary/aromatic N) is 4. The summed E-state index contributed by atoms with van der Waals surface area (Å²) in [7, 11) is 0. The van der Waals surface area contributed by atoms with Crippen molar-refractivity contribution in [3.63, 3.8) is 0 Å². The van der Waals surface area contributed by atoms with Gasteiger partial charge >= 0.3 is 5.97 Å². The molecule has 0 aliphatic carbocycles. The highest BCUT2D eigenvalue weighted by molar-refractivity contribution is 7.16. The summed E-state index contributed by atoms with van der Waals surface area (Å²) in [4.78, 5) is 26.0. The van der Waals surface area contributed by atoms with Gasteiger partial charge in [0.1, 0.15) is 10.6 Å². The number of aliphatic carboxylic acids is 1. The van der Waals surface area contributed by atoms with Gasteiger partial charge in [0.25, 0.3) is 0 Å². The second-order valence-corrected chi connectivity index (χ2v) is 7.41. The molecule has 0 amide bonds. The highest BCUT2D eigenvalue weighted by Crippen LogP contribution is 2.35. The number of carbonyl (C=O) groups is 1. The lowest BCUT2D eigenvalue weighted by molar-refractivity contribution is -0.137. The fraction of sp³-hybridized carbons (Fsp3) is 0.562. The van der Waals surface area contributed by atoms with E-state index >= 15 is 0 Å². The van der Waals surface area contributed by atoms with Crippen LogP contribution in [0.1, 0.15) is 26.2 Å². The zero-order chi connectivity index (χ0) is 16.0. The van der Waals surface area contributed by atoms with Crippen molar-refractivity contribution < 1.29 is 9.90 Å². The number of rotatable bonds is 4. The fourth-order valence-corrected chi connectivity index (χ4v) is 4.20. The molecule has 23 heavy (non-hydrogen) atoms. The third kappa shape index (κ3) is 2.63. The topological polar surface area (TPSA) is 69.6 Å². The number of aromatic nitrogens is 2. The summed E-state index contributed by atoms with van der Waals surface area (Å²) in [5.74, 6) is 1.28. The van der Waals surface area contributed by atoms with Crippen molar-refractivity contribution in [2.24, 2.45) is 5.92 Å². The maximum Gasteiger partial charge on any atom is 0.303 e. The third-order valence-corrected chi connectivity index (χ3v) is 5.73. The SMILES string of the molecule is C[C@H]1CCN1c1nc(N2CC[C@H](CC(=O)O)C2)c2ccsc2n1. The minimum atomic E-state index is -0.713. The summed E-state index contributed by atoms with van der Waals surface area (Å²) < 4.78 is 0. The molecule has 2 atom stereocenters. The number of hydrogen-bond donors (Lipinski definition) is 1. The third-order valence-electron chi connectivity index (χ3n) is 4.92. The van der Waals surface area contributed by atoms with Crippen LogP contribution in [-0.2, 0) is 4.79 Å². The molecule has 2 saturated heterocycles. The highest BCUT2D eigenvalue weighted by Gasteiger charge is 2.30. The van der Waals surface area contributed by atoms with Crippen LogP contribution in [-0.4, -0.2) is 46.7 Å². The Morgan fingerprint density at radius 1 is 1.39 bits per heavy atom.